The molecule has 0 aromatic carbocycles. The average molecular weight is 335 g/mol. The van der Waals surface area contributed by atoms with E-state index in [0.717, 1.165) is 18.9 Å². The quantitative estimate of drug-likeness (QED) is 0.820. The van der Waals surface area contributed by atoms with Gasteiger partial charge in [-0.05, 0) is 37.9 Å². The maximum atomic E-state index is 5.42. The molecule has 6 nitrogen and oxygen atoms in total. The molecule has 0 amide bonds. The van der Waals surface area contributed by atoms with Crippen LogP contribution in [-0.4, -0.2) is 41.3 Å². The summed E-state index contributed by atoms with van der Waals surface area (Å²) in [5, 5.41) is 7.09. The van der Waals surface area contributed by atoms with Gasteiger partial charge in [-0.3, -0.25) is 0 Å². The first-order chi connectivity index (χ1) is 11.2. The van der Waals surface area contributed by atoms with Crippen molar-refractivity contribution < 1.29 is 4.74 Å². The smallest absolute Gasteiger partial charge is 0.234 e. The van der Waals surface area contributed by atoms with Crippen LogP contribution in [0.3, 0.4) is 0 Å². The number of thiocarbonyl (C=S) groups is 1. The van der Waals surface area contributed by atoms with Crippen molar-refractivity contribution in [1.82, 2.24) is 15.3 Å². The van der Waals surface area contributed by atoms with Gasteiger partial charge in [-0.25, -0.2) is 0 Å². The van der Waals surface area contributed by atoms with E-state index in [1.54, 1.807) is 7.11 Å². The number of hydrogen-bond donors (Lipinski definition) is 2. The molecular formula is C16H25N5OS. The summed E-state index contributed by atoms with van der Waals surface area (Å²) in [6.07, 6.45) is 8.65. The van der Waals surface area contributed by atoms with E-state index in [4.69, 9.17) is 17.0 Å². The predicted octanol–water partition coefficient (Wildman–Crippen LogP) is 2.70. The van der Waals surface area contributed by atoms with Crippen LogP contribution in [0.4, 0.5) is 11.8 Å². The molecule has 1 saturated carbocycles. The summed E-state index contributed by atoms with van der Waals surface area (Å²) < 4.78 is 5.31. The van der Waals surface area contributed by atoms with Gasteiger partial charge in [-0.2, -0.15) is 9.97 Å². The van der Waals surface area contributed by atoms with Crippen LogP contribution in [0.25, 0.3) is 0 Å². The first-order valence-corrected chi connectivity index (χ1v) is 8.91. The van der Waals surface area contributed by atoms with Crippen molar-refractivity contribution >= 4 is 29.1 Å². The van der Waals surface area contributed by atoms with E-state index in [2.05, 4.69) is 25.5 Å². The van der Waals surface area contributed by atoms with E-state index in [0.29, 0.717) is 23.0 Å². The number of nitrogens with one attached hydrogen (secondary N) is 2. The Balaban J connectivity index is 1.65. The lowest BCUT2D eigenvalue weighted by Gasteiger charge is -2.24. The zero-order chi connectivity index (χ0) is 16.1. The number of aromatic nitrogens is 2. The third-order valence-electron chi connectivity index (χ3n) is 4.49. The molecule has 1 aromatic heterocycles. The van der Waals surface area contributed by atoms with E-state index in [9.17, 15) is 0 Å². The number of rotatable bonds is 4. The van der Waals surface area contributed by atoms with E-state index in [1.165, 1.54) is 44.9 Å². The molecule has 0 atom stereocenters. The van der Waals surface area contributed by atoms with Crippen molar-refractivity contribution in [2.75, 3.05) is 30.4 Å². The molecule has 126 valence electrons. The fourth-order valence-corrected chi connectivity index (χ4v) is 3.51. The van der Waals surface area contributed by atoms with Gasteiger partial charge < -0.3 is 20.3 Å². The lowest BCUT2D eigenvalue weighted by atomic mass is 9.96. The molecule has 2 fully saturated rings. The largest absolute Gasteiger partial charge is 0.481 e. The van der Waals surface area contributed by atoms with Crippen molar-refractivity contribution in [3.63, 3.8) is 0 Å². The van der Waals surface area contributed by atoms with Crippen LogP contribution in [0.15, 0.2) is 6.07 Å². The van der Waals surface area contributed by atoms with Crippen LogP contribution in [0.1, 0.15) is 44.9 Å². The van der Waals surface area contributed by atoms with Crippen LogP contribution >= 0.6 is 12.2 Å². The van der Waals surface area contributed by atoms with Gasteiger partial charge in [-0.15, -0.1) is 0 Å². The normalized spacial score (nSPS) is 18.7. The fourth-order valence-electron chi connectivity index (χ4n) is 3.25. The monoisotopic (exact) mass is 335 g/mol. The minimum absolute atomic E-state index is 0.465. The first kappa shape index (κ1) is 16.2. The minimum atomic E-state index is 0.465. The summed E-state index contributed by atoms with van der Waals surface area (Å²) in [4.78, 5) is 11.2. The number of methoxy groups -OCH3 is 1. The molecule has 0 spiro atoms. The van der Waals surface area contributed by atoms with Gasteiger partial charge in [0.05, 0.1) is 7.11 Å². The van der Waals surface area contributed by atoms with Gasteiger partial charge in [0.2, 0.25) is 11.8 Å². The zero-order valence-electron chi connectivity index (χ0n) is 13.7. The molecule has 1 aromatic rings. The molecule has 2 aliphatic rings. The van der Waals surface area contributed by atoms with Crippen molar-refractivity contribution in [2.24, 2.45) is 0 Å². The Labute approximate surface area is 143 Å². The molecule has 2 N–H and O–H groups in total. The maximum absolute atomic E-state index is 5.42. The Bertz CT molecular complexity index is 541. The molecule has 23 heavy (non-hydrogen) atoms. The van der Waals surface area contributed by atoms with Crippen LogP contribution in [0.2, 0.25) is 0 Å². The second kappa shape index (κ2) is 7.77. The molecule has 1 aliphatic heterocycles. The lowest BCUT2D eigenvalue weighted by molar-refractivity contribution is 0.397. The average Bonchev–Trinajstić information content (AvgIpc) is 3.10. The molecule has 3 rings (SSSR count). The van der Waals surface area contributed by atoms with E-state index in [-0.39, 0.29) is 0 Å². The molecular weight excluding hydrogens is 310 g/mol. The highest BCUT2D eigenvalue weighted by Gasteiger charge is 2.18. The van der Waals surface area contributed by atoms with Crippen LogP contribution < -0.4 is 20.3 Å². The topological polar surface area (TPSA) is 62.3 Å². The molecule has 7 heteroatoms. The predicted molar refractivity (Wildman–Crippen MR) is 96.3 cm³/mol. The van der Waals surface area contributed by atoms with Crippen LogP contribution in [0, 0.1) is 0 Å². The Morgan fingerprint density at radius 2 is 1.91 bits per heavy atom. The van der Waals surface area contributed by atoms with Gasteiger partial charge in [0.25, 0.3) is 0 Å². The second-order valence-electron chi connectivity index (χ2n) is 6.22. The van der Waals surface area contributed by atoms with Crippen LogP contribution in [0.5, 0.6) is 5.88 Å². The van der Waals surface area contributed by atoms with Crippen molar-refractivity contribution in [1.29, 1.82) is 0 Å². The fraction of sp³-hybridized carbons (Fsp3) is 0.688. The third-order valence-corrected chi connectivity index (χ3v) is 4.71. The second-order valence-corrected chi connectivity index (χ2v) is 6.63. The summed E-state index contributed by atoms with van der Waals surface area (Å²) in [5.41, 5.74) is 0. The molecule has 0 unspecified atom stereocenters. The van der Waals surface area contributed by atoms with Gasteiger partial charge in [0.15, 0.2) is 5.11 Å². The van der Waals surface area contributed by atoms with E-state index >= 15 is 0 Å². The number of nitrogens with zero attached hydrogens (tertiary/aromatic N) is 3. The number of ether oxygens (including phenoxy) is 1. The van der Waals surface area contributed by atoms with Gasteiger partial charge in [-0.1, -0.05) is 19.3 Å². The van der Waals surface area contributed by atoms with E-state index in [1.807, 2.05) is 6.07 Å². The molecule has 1 aliphatic carbocycles. The van der Waals surface area contributed by atoms with Crippen molar-refractivity contribution in [3.8, 4) is 5.88 Å². The van der Waals surface area contributed by atoms with Gasteiger partial charge in [0.1, 0.15) is 5.82 Å². The summed E-state index contributed by atoms with van der Waals surface area (Å²) in [6, 6.07) is 2.35. The highest BCUT2D eigenvalue weighted by molar-refractivity contribution is 7.80. The Hall–Kier alpha value is -1.63. The SMILES string of the molecule is COc1cc(N2CCCC2)nc(NC(=S)NC2CCCCC2)n1. The Morgan fingerprint density at radius 1 is 1.17 bits per heavy atom. The van der Waals surface area contributed by atoms with Gasteiger partial charge >= 0.3 is 0 Å². The molecule has 0 radical (unpaired) electrons. The zero-order valence-corrected chi connectivity index (χ0v) is 14.5. The van der Waals surface area contributed by atoms with Crippen LogP contribution in [-0.2, 0) is 0 Å². The minimum Gasteiger partial charge on any atom is -0.481 e. The highest BCUT2D eigenvalue weighted by atomic mass is 32.1. The van der Waals surface area contributed by atoms with E-state index < -0.39 is 0 Å². The summed E-state index contributed by atoms with van der Waals surface area (Å²) >= 11 is 5.42. The molecule has 0 bridgehead atoms. The number of anilines is 2. The first-order valence-electron chi connectivity index (χ1n) is 8.50. The Kier molecular flexibility index (Phi) is 5.48. The Morgan fingerprint density at radius 3 is 2.61 bits per heavy atom. The summed E-state index contributed by atoms with van der Waals surface area (Å²) in [6.45, 7) is 2.06. The molecule has 2 heterocycles. The van der Waals surface area contributed by atoms with Crippen molar-refractivity contribution in [2.45, 2.75) is 51.0 Å². The summed E-state index contributed by atoms with van der Waals surface area (Å²) in [5.74, 6) is 1.96. The molecule has 1 saturated heterocycles. The van der Waals surface area contributed by atoms with Crippen molar-refractivity contribution in [3.05, 3.63) is 6.07 Å². The summed E-state index contributed by atoms with van der Waals surface area (Å²) in [7, 11) is 1.62. The maximum Gasteiger partial charge on any atom is 0.234 e. The van der Waals surface area contributed by atoms with Gasteiger partial charge in [0, 0.05) is 25.2 Å². The highest BCUT2D eigenvalue weighted by Crippen LogP contribution is 2.23. The lowest BCUT2D eigenvalue weighted by Crippen LogP contribution is -2.39. The standard InChI is InChI=1S/C16H25N5OS/c1-22-14-11-13(21-9-5-6-10-21)18-15(19-14)20-16(23)17-12-7-3-2-4-8-12/h11-12H,2-10H2,1H3,(H2,17,18,19,20,23). The number of hydrogen-bond acceptors (Lipinski definition) is 5. The third kappa shape index (κ3) is 4.43.